The standard InChI is InChI=1S/C9H9BrFNO3/c10-7-8(14)4(6(13)1-2-12)3-5(11)9(7)15/h3,14-15H,1-2,12H2. The number of phenols is 2. The monoisotopic (exact) mass is 277 g/mol. The van der Waals surface area contributed by atoms with E-state index in [1.54, 1.807) is 0 Å². The van der Waals surface area contributed by atoms with Gasteiger partial charge < -0.3 is 15.9 Å². The van der Waals surface area contributed by atoms with Crippen molar-refractivity contribution >= 4 is 21.7 Å². The van der Waals surface area contributed by atoms with Crippen molar-refractivity contribution in [1.29, 1.82) is 0 Å². The van der Waals surface area contributed by atoms with E-state index in [1.165, 1.54) is 0 Å². The molecular formula is C9H9BrFNO3. The zero-order valence-electron chi connectivity index (χ0n) is 7.63. The summed E-state index contributed by atoms with van der Waals surface area (Å²) in [5.74, 6) is -2.65. The molecule has 0 aliphatic carbocycles. The van der Waals surface area contributed by atoms with Crippen molar-refractivity contribution in [2.24, 2.45) is 5.73 Å². The van der Waals surface area contributed by atoms with E-state index in [0.29, 0.717) is 0 Å². The van der Waals surface area contributed by atoms with Gasteiger partial charge in [0.2, 0.25) is 0 Å². The van der Waals surface area contributed by atoms with Gasteiger partial charge in [-0.3, -0.25) is 4.79 Å². The minimum atomic E-state index is -0.972. The van der Waals surface area contributed by atoms with Crippen molar-refractivity contribution in [1.82, 2.24) is 0 Å². The second kappa shape index (κ2) is 4.59. The summed E-state index contributed by atoms with van der Waals surface area (Å²) in [6.07, 6.45) is 0.00418. The third-order valence-corrected chi connectivity index (χ3v) is 2.59. The number of nitrogens with two attached hydrogens (primary N) is 1. The quantitative estimate of drug-likeness (QED) is 0.732. The first-order valence-corrected chi connectivity index (χ1v) is 4.91. The Hall–Kier alpha value is -1.14. The van der Waals surface area contributed by atoms with E-state index in [9.17, 15) is 14.3 Å². The molecule has 1 aromatic rings. The SMILES string of the molecule is NCCC(=O)c1cc(F)c(O)c(Br)c1O. The van der Waals surface area contributed by atoms with Crippen LogP contribution in [0.15, 0.2) is 10.5 Å². The van der Waals surface area contributed by atoms with E-state index in [-0.39, 0.29) is 23.0 Å². The van der Waals surface area contributed by atoms with Crippen molar-refractivity contribution in [3.8, 4) is 11.5 Å². The van der Waals surface area contributed by atoms with Crippen LogP contribution in [0.2, 0.25) is 0 Å². The predicted octanol–water partition coefficient (Wildman–Crippen LogP) is 1.53. The molecule has 1 rings (SSSR count). The van der Waals surface area contributed by atoms with Crippen LogP contribution in [0.1, 0.15) is 16.8 Å². The molecule has 0 aliphatic heterocycles. The molecule has 0 radical (unpaired) electrons. The largest absolute Gasteiger partial charge is 0.506 e. The molecule has 0 aromatic heterocycles. The number of phenolic OH excluding ortho intramolecular Hbond substituents is 2. The first-order valence-electron chi connectivity index (χ1n) is 4.12. The normalized spacial score (nSPS) is 10.3. The number of carbonyl (C=O) groups excluding carboxylic acids is 1. The number of aromatic hydroxyl groups is 2. The number of hydrogen-bond acceptors (Lipinski definition) is 4. The minimum Gasteiger partial charge on any atom is -0.506 e. The summed E-state index contributed by atoms with van der Waals surface area (Å²) in [6, 6.07) is 0.785. The summed E-state index contributed by atoms with van der Waals surface area (Å²) < 4.78 is 12.8. The lowest BCUT2D eigenvalue weighted by atomic mass is 10.1. The Bertz CT molecular complexity index is 409. The predicted molar refractivity (Wildman–Crippen MR) is 55.4 cm³/mol. The molecule has 0 unspecified atom stereocenters. The van der Waals surface area contributed by atoms with Crippen molar-refractivity contribution in [2.75, 3.05) is 6.54 Å². The van der Waals surface area contributed by atoms with Crippen LogP contribution in [0.25, 0.3) is 0 Å². The van der Waals surface area contributed by atoms with Crippen LogP contribution >= 0.6 is 15.9 Å². The summed E-state index contributed by atoms with van der Waals surface area (Å²) >= 11 is 2.78. The van der Waals surface area contributed by atoms with E-state index < -0.39 is 23.1 Å². The lowest BCUT2D eigenvalue weighted by molar-refractivity contribution is 0.0982. The molecule has 0 atom stereocenters. The fourth-order valence-corrected chi connectivity index (χ4v) is 1.48. The van der Waals surface area contributed by atoms with E-state index in [4.69, 9.17) is 10.8 Å². The Balaban J connectivity index is 3.26. The second-order valence-corrected chi connectivity index (χ2v) is 3.67. The molecule has 4 N–H and O–H groups in total. The molecule has 0 heterocycles. The fraction of sp³-hybridized carbons (Fsp3) is 0.222. The lowest BCUT2D eigenvalue weighted by Gasteiger charge is -2.07. The summed E-state index contributed by atoms with van der Waals surface area (Å²) in [4.78, 5) is 11.4. The number of benzene rings is 1. The van der Waals surface area contributed by atoms with Gasteiger partial charge in [-0.05, 0) is 28.5 Å². The molecule has 82 valence electrons. The molecule has 4 nitrogen and oxygen atoms in total. The van der Waals surface area contributed by atoms with Crippen molar-refractivity contribution in [3.05, 3.63) is 21.9 Å². The van der Waals surface area contributed by atoms with Crippen LogP contribution in [0.5, 0.6) is 11.5 Å². The van der Waals surface area contributed by atoms with Crippen LogP contribution in [-0.2, 0) is 0 Å². The molecule has 0 saturated heterocycles. The van der Waals surface area contributed by atoms with Crippen LogP contribution in [0.3, 0.4) is 0 Å². The maximum absolute atomic E-state index is 13.0. The van der Waals surface area contributed by atoms with E-state index in [2.05, 4.69) is 15.9 Å². The number of Topliss-reactive ketones (excluding diaryl/α,β-unsaturated/α-hetero) is 1. The van der Waals surface area contributed by atoms with Gasteiger partial charge in [0.1, 0.15) is 10.2 Å². The highest BCUT2D eigenvalue weighted by Crippen LogP contribution is 2.38. The van der Waals surface area contributed by atoms with Gasteiger partial charge in [-0.1, -0.05) is 0 Å². The number of ketones is 1. The van der Waals surface area contributed by atoms with E-state index in [1.807, 2.05) is 0 Å². The Morgan fingerprint density at radius 1 is 1.47 bits per heavy atom. The Labute approximate surface area is 93.6 Å². The topological polar surface area (TPSA) is 83.6 Å². The molecule has 0 bridgehead atoms. The Morgan fingerprint density at radius 3 is 2.60 bits per heavy atom. The summed E-state index contributed by atoms with van der Waals surface area (Å²) in [5, 5.41) is 18.6. The molecule has 0 fully saturated rings. The van der Waals surface area contributed by atoms with Gasteiger partial charge >= 0.3 is 0 Å². The molecular weight excluding hydrogens is 269 g/mol. The van der Waals surface area contributed by atoms with E-state index in [0.717, 1.165) is 6.07 Å². The highest BCUT2D eigenvalue weighted by atomic mass is 79.9. The second-order valence-electron chi connectivity index (χ2n) is 2.88. The third kappa shape index (κ3) is 2.27. The summed E-state index contributed by atoms with van der Waals surface area (Å²) in [6.45, 7) is 0.110. The van der Waals surface area contributed by atoms with Gasteiger partial charge in [0.25, 0.3) is 0 Å². The van der Waals surface area contributed by atoms with E-state index >= 15 is 0 Å². The smallest absolute Gasteiger partial charge is 0.169 e. The van der Waals surface area contributed by atoms with Crippen molar-refractivity contribution < 1.29 is 19.4 Å². The van der Waals surface area contributed by atoms with Crippen LogP contribution < -0.4 is 5.73 Å². The van der Waals surface area contributed by atoms with Crippen molar-refractivity contribution in [3.63, 3.8) is 0 Å². The van der Waals surface area contributed by atoms with Crippen LogP contribution in [0, 0.1) is 5.82 Å². The average Bonchev–Trinajstić information content (AvgIpc) is 2.20. The van der Waals surface area contributed by atoms with Gasteiger partial charge in [0, 0.05) is 6.42 Å². The number of carbonyl (C=O) groups is 1. The molecule has 15 heavy (non-hydrogen) atoms. The molecule has 0 amide bonds. The average molecular weight is 278 g/mol. The lowest BCUT2D eigenvalue weighted by Crippen LogP contribution is -2.08. The number of rotatable bonds is 3. The number of halogens is 2. The first-order chi connectivity index (χ1) is 6.99. The number of hydrogen-bond donors (Lipinski definition) is 3. The third-order valence-electron chi connectivity index (χ3n) is 1.84. The molecule has 6 heteroatoms. The van der Waals surface area contributed by atoms with Gasteiger partial charge in [0.15, 0.2) is 17.3 Å². The Morgan fingerprint density at radius 2 is 2.07 bits per heavy atom. The highest BCUT2D eigenvalue weighted by Gasteiger charge is 2.19. The highest BCUT2D eigenvalue weighted by molar-refractivity contribution is 9.10. The van der Waals surface area contributed by atoms with Gasteiger partial charge in [-0.25, -0.2) is 4.39 Å². The molecule has 0 saturated carbocycles. The zero-order chi connectivity index (χ0) is 11.6. The molecule has 0 spiro atoms. The molecule has 0 aliphatic rings. The van der Waals surface area contributed by atoms with Crippen LogP contribution in [0.4, 0.5) is 4.39 Å². The maximum Gasteiger partial charge on any atom is 0.169 e. The van der Waals surface area contributed by atoms with Gasteiger partial charge in [-0.2, -0.15) is 0 Å². The first kappa shape index (κ1) is 11.9. The fourth-order valence-electron chi connectivity index (χ4n) is 1.08. The van der Waals surface area contributed by atoms with Crippen LogP contribution in [-0.4, -0.2) is 22.5 Å². The van der Waals surface area contributed by atoms with Gasteiger partial charge in [0.05, 0.1) is 5.56 Å². The van der Waals surface area contributed by atoms with Gasteiger partial charge in [-0.15, -0.1) is 0 Å². The molecule has 1 aromatic carbocycles. The minimum absolute atomic E-state index is 0.00418. The summed E-state index contributed by atoms with van der Waals surface area (Å²) in [5.41, 5.74) is 4.97. The zero-order valence-corrected chi connectivity index (χ0v) is 9.21. The van der Waals surface area contributed by atoms with Crippen molar-refractivity contribution in [2.45, 2.75) is 6.42 Å². The maximum atomic E-state index is 13.0. The summed E-state index contributed by atoms with van der Waals surface area (Å²) in [7, 11) is 0. The Kier molecular flexibility index (Phi) is 3.65.